The highest BCUT2D eigenvalue weighted by Gasteiger charge is 2.26. The van der Waals surface area contributed by atoms with E-state index in [-0.39, 0.29) is 18.5 Å². The number of carbonyl (C=O) groups excluding carboxylic acids is 2. The van der Waals surface area contributed by atoms with Gasteiger partial charge in [-0.25, -0.2) is 4.79 Å². The van der Waals surface area contributed by atoms with Crippen LogP contribution < -0.4 is 10.2 Å². The van der Waals surface area contributed by atoms with E-state index in [1.165, 1.54) is 19.3 Å². The van der Waals surface area contributed by atoms with E-state index in [2.05, 4.69) is 17.1 Å². The summed E-state index contributed by atoms with van der Waals surface area (Å²) in [4.78, 5) is 29.3. The molecule has 1 saturated carbocycles. The van der Waals surface area contributed by atoms with Gasteiger partial charge in [-0.15, -0.1) is 0 Å². The second-order valence-corrected chi connectivity index (χ2v) is 10.2. The van der Waals surface area contributed by atoms with Crippen molar-refractivity contribution in [3.63, 3.8) is 0 Å². The zero-order valence-electron chi connectivity index (χ0n) is 23.1. The second kappa shape index (κ2) is 11.8. The molecule has 1 N–H and O–H groups in total. The topological polar surface area (TPSA) is 63.6 Å². The van der Waals surface area contributed by atoms with Crippen LogP contribution in [0.3, 0.4) is 0 Å². The Bertz CT molecular complexity index is 1470. The molecule has 0 unspecified atom stereocenters. The Labute approximate surface area is 230 Å². The molecule has 0 bridgehead atoms. The third-order valence-electron chi connectivity index (χ3n) is 7.65. The normalized spacial score (nSPS) is 13.8. The number of carbonyl (C=O) groups is 2. The average Bonchev–Trinajstić information content (AvgIpc) is 3.35. The maximum atomic E-state index is 13.9. The molecule has 0 aliphatic heterocycles. The van der Waals surface area contributed by atoms with E-state index in [4.69, 9.17) is 4.74 Å². The maximum absolute atomic E-state index is 13.9. The number of ether oxygens (including phenoxy) is 1. The van der Waals surface area contributed by atoms with Crippen molar-refractivity contribution in [2.45, 2.75) is 58.9 Å². The summed E-state index contributed by atoms with van der Waals surface area (Å²) < 4.78 is 7.30. The molecule has 1 aliphatic carbocycles. The zero-order chi connectivity index (χ0) is 27.4. The Morgan fingerprint density at radius 1 is 0.949 bits per heavy atom. The SMILES string of the molecule is CCOC(=O)c1cc2ccccc2n1-c1ccc(N(CC)C2CCCCC2)c(C(=O)Nc2ccc(C)cc2)c1. The lowest BCUT2D eigenvalue weighted by atomic mass is 9.93. The number of nitrogens with zero attached hydrogens (tertiary/aromatic N) is 2. The first kappa shape index (κ1) is 26.5. The van der Waals surface area contributed by atoms with Crippen LogP contribution in [-0.4, -0.2) is 35.6 Å². The summed E-state index contributed by atoms with van der Waals surface area (Å²) in [7, 11) is 0. The lowest BCUT2D eigenvalue weighted by Gasteiger charge is -2.36. The van der Waals surface area contributed by atoms with Gasteiger partial charge < -0.3 is 19.5 Å². The monoisotopic (exact) mass is 523 g/mol. The standard InChI is InChI=1S/C33H37N3O3/c1-4-35(26-12-7-6-8-13-26)30-20-19-27(22-28(30)32(37)34-25-17-15-23(3)16-18-25)36-29-14-10-9-11-24(29)21-31(36)33(38)39-5-2/h9-11,14-22,26H,4-8,12-13H2,1-3H3,(H,34,37). The van der Waals surface area contributed by atoms with E-state index in [9.17, 15) is 9.59 Å². The highest BCUT2D eigenvalue weighted by Crippen LogP contribution is 2.33. The third-order valence-corrected chi connectivity index (χ3v) is 7.65. The van der Waals surface area contributed by atoms with Gasteiger partial charge in [0.15, 0.2) is 0 Å². The fraction of sp³-hybridized carbons (Fsp3) is 0.333. The van der Waals surface area contributed by atoms with Gasteiger partial charge >= 0.3 is 5.97 Å². The maximum Gasteiger partial charge on any atom is 0.355 e. The summed E-state index contributed by atoms with van der Waals surface area (Å²) in [6.45, 7) is 7.09. The number of fused-ring (bicyclic) bond motifs is 1. The van der Waals surface area contributed by atoms with E-state index in [1.807, 2.05) is 84.3 Å². The number of aryl methyl sites for hydroxylation is 1. The first-order valence-corrected chi connectivity index (χ1v) is 14.1. The van der Waals surface area contributed by atoms with Gasteiger partial charge in [-0.3, -0.25) is 4.79 Å². The van der Waals surface area contributed by atoms with Crippen molar-refractivity contribution in [1.29, 1.82) is 0 Å². The highest BCUT2D eigenvalue weighted by atomic mass is 16.5. The van der Waals surface area contributed by atoms with E-state index < -0.39 is 0 Å². The Balaban J connectivity index is 1.64. The number of hydrogen-bond acceptors (Lipinski definition) is 4. The van der Waals surface area contributed by atoms with Crippen LogP contribution in [0.5, 0.6) is 0 Å². The van der Waals surface area contributed by atoms with Crippen molar-refractivity contribution in [3.05, 3.63) is 89.6 Å². The Kier molecular flexibility index (Phi) is 8.01. The number of aromatic nitrogens is 1. The number of hydrogen-bond donors (Lipinski definition) is 1. The highest BCUT2D eigenvalue weighted by molar-refractivity contribution is 6.09. The molecule has 1 amide bonds. The van der Waals surface area contributed by atoms with Crippen molar-refractivity contribution in [2.24, 2.45) is 0 Å². The Hall–Kier alpha value is -4.06. The molecule has 0 spiro atoms. The summed E-state index contributed by atoms with van der Waals surface area (Å²) in [6.07, 6.45) is 5.95. The molecule has 1 heterocycles. The number of rotatable bonds is 8. The minimum absolute atomic E-state index is 0.167. The minimum Gasteiger partial charge on any atom is -0.461 e. The van der Waals surface area contributed by atoms with Gasteiger partial charge in [0, 0.05) is 35.0 Å². The molecule has 1 aliphatic rings. The lowest BCUT2D eigenvalue weighted by Crippen LogP contribution is -2.38. The smallest absolute Gasteiger partial charge is 0.355 e. The number of esters is 1. The lowest BCUT2D eigenvalue weighted by molar-refractivity contribution is 0.0517. The van der Waals surface area contributed by atoms with E-state index in [1.54, 1.807) is 6.92 Å². The predicted molar refractivity (Wildman–Crippen MR) is 158 cm³/mol. The van der Waals surface area contributed by atoms with E-state index in [0.717, 1.165) is 52.9 Å². The van der Waals surface area contributed by atoms with Crippen LogP contribution >= 0.6 is 0 Å². The first-order chi connectivity index (χ1) is 19.0. The molecule has 0 atom stereocenters. The molecule has 39 heavy (non-hydrogen) atoms. The van der Waals surface area contributed by atoms with Crippen LogP contribution in [0.15, 0.2) is 72.8 Å². The fourth-order valence-corrected chi connectivity index (χ4v) is 5.74. The predicted octanol–water partition coefficient (Wildman–Crippen LogP) is 7.53. The molecule has 202 valence electrons. The van der Waals surface area contributed by atoms with Gasteiger partial charge in [0.05, 0.1) is 17.7 Å². The summed E-state index contributed by atoms with van der Waals surface area (Å²) in [5, 5.41) is 4.05. The van der Waals surface area contributed by atoms with Gasteiger partial charge in [-0.1, -0.05) is 55.2 Å². The van der Waals surface area contributed by atoms with Gasteiger partial charge in [-0.05, 0) is 76.1 Å². The molecule has 1 fully saturated rings. The van der Waals surface area contributed by atoms with E-state index in [0.29, 0.717) is 17.3 Å². The molecule has 1 aromatic heterocycles. The van der Waals surface area contributed by atoms with Gasteiger partial charge in [0.1, 0.15) is 5.69 Å². The van der Waals surface area contributed by atoms with Crippen molar-refractivity contribution in [2.75, 3.05) is 23.4 Å². The number of nitrogens with one attached hydrogen (secondary N) is 1. The molecule has 4 aromatic rings. The Morgan fingerprint density at radius 2 is 1.69 bits per heavy atom. The zero-order valence-corrected chi connectivity index (χ0v) is 23.1. The molecule has 6 nitrogen and oxygen atoms in total. The number of benzene rings is 3. The van der Waals surface area contributed by atoms with Crippen LogP contribution in [0.2, 0.25) is 0 Å². The Morgan fingerprint density at radius 3 is 2.41 bits per heavy atom. The minimum atomic E-state index is -0.388. The van der Waals surface area contributed by atoms with E-state index >= 15 is 0 Å². The number of amides is 1. The van der Waals surface area contributed by atoms with Gasteiger partial charge in [0.25, 0.3) is 5.91 Å². The molecule has 3 aromatic carbocycles. The van der Waals surface area contributed by atoms with Crippen molar-refractivity contribution in [3.8, 4) is 5.69 Å². The average molecular weight is 524 g/mol. The quantitative estimate of drug-likeness (QED) is 0.243. The molecular formula is C33H37N3O3. The van der Waals surface area contributed by atoms with Crippen molar-refractivity contribution in [1.82, 2.24) is 4.57 Å². The molecule has 5 rings (SSSR count). The third kappa shape index (κ3) is 5.56. The van der Waals surface area contributed by atoms with Gasteiger partial charge in [-0.2, -0.15) is 0 Å². The van der Waals surface area contributed by atoms with Gasteiger partial charge in [0.2, 0.25) is 0 Å². The summed E-state index contributed by atoms with van der Waals surface area (Å²) >= 11 is 0. The first-order valence-electron chi connectivity index (χ1n) is 14.1. The fourth-order valence-electron chi connectivity index (χ4n) is 5.74. The summed E-state index contributed by atoms with van der Waals surface area (Å²) in [5.41, 5.74) is 5.47. The van der Waals surface area contributed by atoms with Crippen molar-refractivity contribution >= 4 is 34.2 Å². The van der Waals surface area contributed by atoms with Crippen LogP contribution in [-0.2, 0) is 4.74 Å². The molecule has 0 radical (unpaired) electrons. The second-order valence-electron chi connectivity index (χ2n) is 10.2. The largest absolute Gasteiger partial charge is 0.461 e. The molecule has 6 heteroatoms. The number of anilines is 2. The van der Waals surface area contributed by atoms with Crippen LogP contribution in [0, 0.1) is 6.92 Å². The summed E-state index contributed by atoms with van der Waals surface area (Å²) in [5.74, 6) is -0.556. The molecular weight excluding hydrogens is 486 g/mol. The van der Waals surface area contributed by atoms with Crippen LogP contribution in [0.25, 0.3) is 16.6 Å². The number of para-hydroxylation sites is 1. The summed E-state index contributed by atoms with van der Waals surface area (Å²) in [6, 6.07) is 23.9. The molecule has 0 saturated heterocycles. The van der Waals surface area contributed by atoms with Crippen LogP contribution in [0.1, 0.15) is 72.4 Å². The van der Waals surface area contributed by atoms with Crippen molar-refractivity contribution < 1.29 is 14.3 Å². The van der Waals surface area contributed by atoms with Crippen LogP contribution in [0.4, 0.5) is 11.4 Å².